The maximum Gasteiger partial charge on any atom is 0.306 e. The second-order valence-corrected chi connectivity index (χ2v) is 4.43. The van der Waals surface area contributed by atoms with Crippen molar-refractivity contribution in [2.75, 3.05) is 6.61 Å². The summed E-state index contributed by atoms with van der Waals surface area (Å²) in [6.07, 6.45) is 3.86. The first-order chi connectivity index (χ1) is 8.19. The fraction of sp³-hybridized carbons (Fsp3) is 0.769. The summed E-state index contributed by atoms with van der Waals surface area (Å²) in [5.74, 6) is -0.347. The van der Waals surface area contributed by atoms with Crippen molar-refractivity contribution in [2.24, 2.45) is 11.8 Å². The van der Waals surface area contributed by atoms with E-state index in [0.717, 1.165) is 19.3 Å². The third kappa shape index (κ3) is 4.18. The second kappa shape index (κ2) is 7.05. The quantitative estimate of drug-likeness (QED) is 0.688. The van der Waals surface area contributed by atoms with Crippen molar-refractivity contribution in [3.8, 4) is 6.07 Å². The van der Waals surface area contributed by atoms with Crippen molar-refractivity contribution in [2.45, 2.75) is 45.4 Å². The van der Waals surface area contributed by atoms with Crippen LogP contribution in [0.4, 0.5) is 0 Å². The Bertz CT molecular complexity index is 319. The van der Waals surface area contributed by atoms with Crippen LogP contribution in [0.2, 0.25) is 0 Å². The summed E-state index contributed by atoms with van der Waals surface area (Å²) in [5.41, 5.74) is 0. The highest BCUT2D eigenvalue weighted by Gasteiger charge is 2.32. The van der Waals surface area contributed by atoms with Gasteiger partial charge in [-0.3, -0.25) is 9.59 Å². The normalized spacial score (nSPS) is 24.1. The number of ketones is 1. The van der Waals surface area contributed by atoms with E-state index in [1.807, 2.05) is 0 Å². The molecule has 2 atom stereocenters. The molecule has 0 aliphatic heterocycles. The Hall–Kier alpha value is -1.37. The molecule has 17 heavy (non-hydrogen) atoms. The molecule has 0 radical (unpaired) electrons. The van der Waals surface area contributed by atoms with Gasteiger partial charge in [0.15, 0.2) is 0 Å². The van der Waals surface area contributed by atoms with Gasteiger partial charge in [-0.15, -0.1) is 0 Å². The Morgan fingerprint density at radius 3 is 2.82 bits per heavy atom. The van der Waals surface area contributed by atoms with Gasteiger partial charge in [0, 0.05) is 18.3 Å². The van der Waals surface area contributed by atoms with Crippen molar-refractivity contribution < 1.29 is 14.3 Å². The number of nitrogens with zero attached hydrogens (tertiary/aromatic N) is 1. The SMILES string of the molecule is CCOC(=O)C[C@H]1CCC[C@@H](CCC#N)C1=O. The van der Waals surface area contributed by atoms with E-state index in [1.165, 1.54) is 0 Å². The lowest BCUT2D eigenvalue weighted by molar-refractivity contribution is -0.147. The summed E-state index contributed by atoms with van der Waals surface area (Å²) in [6, 6.07) is 2.07. The van der Waals surface area contributed by atoms with Crippen molar-refractivity contribution in [1.29, 1.82) is 5.26 Å². The summed E-state index contributed by atoms with van der Waals surface area (Å²) in [6.45, 7) is 2.12. The van der Waals surface area contributed by atoms with Crippen molar-refractivity contribution in [1.82, 2.24) is 0 Å². The van der Waals surface area contributed by atoms with Crippen LogP contribution in [0.15, 0.2) is 0 Å². The molecule has 0 aromatic heterocycles. The van der Waals surface area contributed by atoms with Gasteiger partial charge in [-0.05, 0) is 26.2 Å². The maximum atomic E-state index is 12.1. The number of rotatable bonds is 5. The van der Waals surface area contributed by atoms with Crippen LogP contribution >= 0.6 is 0 Å². The van der Waals surface area contributed by atoms with Crippen LogP contribution < -0.4 is 0 Å². The van der Waals surface area contributed by atoms with Crippen molar-refractivity contribution in [3.63, 3.8) is 0 Å². The molecule has 4 heteroatoms. The van der Waals surface area contributed by atoms with E-state index in [0.29, 0.717) is 19.4 Å². The van der Waals surface area contributed by atoms with Gasteiger partial charge >= 0.3 is 5.97 Å². The number of nitriles is 1. The zero-order valence-corrected chi connectivity index (χ0v) is 10.3. The Labute approximate surface area is 102 Å². The van der Waals surface area contributed by atoms with Gasteiger partial charge in [-0.25, -0.2) is 0 Å². The van der Waals surface area contributed by atoms with Crippen LogP contribution in [-0.4, -0.2) is 18.4 Å². The van der Waals surface area contributed by atoms with E-state index in [4.69, 9.17) is 10.00 Å². The first-order valence-corrected chi connectivity index (χ1v) is 6.25. The Kier molecular flexibility index (Phi) is 5.68. The molecule has 0 saturated heterocycles. The standard InChI is InChI=1S/C13H19NO3/c1-2-17-12(15)9-11-6-3-5-10(13(11)16)7-4-8-14/h10-11H,2-7,9H2,1H3/t10-,11+/m0/s1. The minimum Gasteiger partial charge on any atom is -0.466 e. The number of carbonyl (C=O) groups is 2. The number of hydrogen-bond donors (Lipinski definition) is 0. The van der Waals surface area contributed by atoms with E-state index >= 15 is 0 Å². The zero-order chi connectivity index (χ0) is 12.7. The van der Waals surface area contributed by atoms with Crippen molar-refractivity contribution in [3.05, 3.63) is 0 Å². The maximum absolute atomic E-state index is 12.1. The molecule has 0 heterocycles. The number of esters is 1. The topological polar surface area (TPSA) is 67.2 Å². The van der Waals surface area contributed by atoms with Crippen LogP contribution in [-0.2, 0) is 14.3 Å². The molecule has 0 unspecified atom stereocenters. The smallest absolute Gasteiger partial charge is 0.306 e. The van der Waals surface area contributed by atoms with Gasteiger partial charge in [0.2, 0.25) is 0 Å². The van der Waals surface area contributed by atoms with Crippen LogP contribution in [0.1, 0.15) is 45.4 Å². The summed E-state index contributed by atoms with van der Waals surface area (Å²) in [4.78, 5) is 23.4. The Morgan fingerprint density at radius 2 is 2.18 bits per heavy atom. The molecule has 1 rings (SSSR count). The first-order valence-electron chi connectivity index (χ1n) is 6.25. The lowest BCUT2D eigenvalue weighted by atomic mass is 9.77. The zero-order valence-electron chi connectivity index (χ0n) is 10.3. The fourth-order valence-electron chi connectivity index (χ4n) is 2.38. The largest absolute Gasteiger partial charge is 0.466 e. The molecule has 0 N–H and O–H groups in total. The summed E-state index contributed by atoms with van der Waals surface area (Å²) in [7, 11) is 0. The van der Waals surface area contributed by atoms with Gasteiger partial charge in [0.1, 0.15) is 5.78 Å². The highest BCUT2D eigenvalue weighted by atomic mass is 16.5. The van der Waals surface area contributed by atoms with E-state index in [9.17, 15) is 9.59 Å². The molecule has 0 amide bonds. The number of Topliss-reactive ketones (excluding diaryl/α,β-unsaturated/α-hetero) is 1. The summed E-state index contributed by atoms with van der Waals surface area (Å²) < 4.78 is 4.87. The van der Waals surface area contributed by atoms with Crippen LogP contribution in [0.5, 0.6) is 0 Å². The molecule has 1 aliphatic carbocycles. The summed E-state index contributed by atoms with van der Waals surface area (Å²) in [5, 5.41) is 8.53. The van der Waals surface area contributed by atoms with Crippen LogP contribution in [0, 0.1) is 23.2 Å². The minimum absolute atomic E-state index is 0.0252. The molecule has 4 nitrogen and oxygen atoms in total. The van der Waals surface area contributed by atoms with Crippen LogP contribution in [0.3, 0.4) is 0 Å². The molecular formula is C13H19NO3. The lowest BCUT2D eigenvalue weighted by Crippen LogP contribution is -2.30. The molecule has 0 spiro atoms. The molecule has 94 valence electrons. The number of ether oxygens (including phenoxy) is 1. The monoisotopic (exact) mass is 237 g/mol. The molecule has 0 bridgehead atoms. The molecule has 1 aliphatic rings. The summed E-state index contributed by atoms with van der Waals surface area (Å²) >= 11 is 0. The Morgan fingerprint density at radius 1 is 1.47 bits per heavy atom. The van der Waals surface area contributed by atoms with Gasteiger partial charge in [-0.1, -0.05) is 6.42 Å². The van der Waals surface area contributed by atoms with Gasteiger partial charge in [0.05, 0.1) is 19.1 Å². The van der Waals surface area contributed by atoms with Gasteiger partial charge < -0.3 is 4.74 Å². The molecular weight excluding hydrogens is 218 g/mol. The third-order valence-electron chi connectivity index (χ3n) is 3.23. The van der Waals surface area contributed by atoms with Gasteiger partial charge in [-0.2, -0.15) is 5.26 Å². The predicted octanol–water partition coefficient (Wildman–Crippen LogP) is 2.23. The molecule has 0 aromatic carbocycles. The van der Waals surface area contributed by atoms with Gasteiger partial charge in [0.25, 0.3) is 0 Å². The molecule has 1 saturated carbocycles. The van der Waals surface area contributed by atoms with E-state index < -0.39 is 0 Å². The number of carbonyl (C=O) groups excluding carboxylic acids is 2. The molecule has 1 fully saturated rings. The highest BCUT2D eigenvalue weighted by molar-refractivity contribution is 5.87. The second-order valence-electron chi connectivity index (χ2n) is 4.43. The van der Waals surface area contributed by atoms with Crippen LogP contribution in [0.25, 0.3) is 0 Å². The lowest BCUT2D eigenvalue weighted by Gasteiger charge is -2.26. The highest BCUT2D eigenvalue weighted by Crippen LogP contribution is 2.30. The number of hydrogen-bond acceptors (Lipinski definition) is 4. The minimum atomic E-state index is -0.285. The third-order valence-corrected chi connectivity index (χ3v) is 3.23. The van der Waals surface area contributed by atoms with E-state index in [-0.39, 0.29) is 30.0 Å². The van der Waals surface area contributed by atoms with E-state index in [1.54, 1.807) is 6.92 Å². The fourth-order valence-corrected chi connectivity index (χ4v) is 2.38. The average Bonchev–Trinajstić information content (AvgIpc) is 2.30. The average molecular weight is 237 g/mol. The Balaban J connectivity index is 2.47. The predicted molar refractivity (Wildman–Crippen MR) is 61.9 cm³/mol. The van der Waals surface area contributed by atoms with Crippen molar-refractivity contribution >= 4 is 11.8 Å². The molecule has 0 aromatic rings. The van der Waals surface area contributed by atoms with E-state index in [2.05, 4.69) is 6.07 Å². The first kappa shape index (κ1) is 13.7.